The normalized spacial score (nSPS) is 16.3. The van der Waals surface area contributed by atoms with E-state index in [2.05, 4.69) is 162 Å². The molecule has 10 aromatic rings. The van der Waals surface area contributed by atoms with Gasteiger partial charge in [-0.2, -0.15) is 0 Å². The van der Waals surface area contributed by atoms with Crippen LogP contribution < -0.4 is 0 Å². The standard InChI is InChI=1S/C51H35N3/c1-3-16-42-38(12-1)39-13-2-4-17-43(39)51-50(42)52-30-44(53-51)32-22-20-31(21-23-32)33-10-9-11-34(28-33)37-26-27-47(49-36-25-24-35(29-36)48(37)49)54-45-18-7-5-14-40(45)41-15-6-8-19-46(41)54/h1-23,26-28,30,35-36H,24-25,29H2. The van der Waals surface area contributed by atoms with E-state index in [-0.39, 0.29) is 0 Å². The van der Waals surface area contributed by atoms with Crippen molar-refractivity contribution in [3.63, 3.8) is 0 Å². The molecule has 0 amide bonds. The lowest BCUT2D eigenvalue weighted by Crippen LogP contribution is -2.07. The monoisotopic (exact) mass is 689 g/mol. The van der Waals surface area contributed by atoms with E-state index in [4.69, 9.17) is 9.97 Å². The fourth-order valence-electron chi connectivity index (χ4n) is 10.1. The van der Waals surface area contributed by atoms with Crippen molar-refractivity contribution in [1.82, 2.24) is 14.5 Å². The lowest BCUT2D eigenvalue weighted by molar-refractivity contribution is 0.715. The van der Waals surface area contributed by atoms with Crippen LogP contribution in [-0.2, 0) is 0 Å². The third-order valence-corrected chi connectivity index (χ3v) is 12.4. The number of nitrogens with zero attached hydrogens (tertiary/aromatic N) is 3. The third kappa shape index (κ3) is 4.30. The quantitative estimate of drug-likeness (QED) is 0.172. The number of fused-ring (bicyclic) bond motifs is 14. The van der Waals surface area contributed by atoms with E-state index in [0.29, 0.717) is 11.8 Å². The molecular weight excluding hydrogens is 655 g/mol. The molecule has 8 aromatic carbocycles. The first-order valence-corrected chi connectivity index (χ1v) is 19.2. The Hall–Kier alpha value is -6.58. The summed E-state index contributed by atoms with van der Waals surface area (Å²) in [7, 11) is 0. The number of hydrogen-bond donors (Lipinski definition) is 0. The minimum atomic E-state index is 0.616. The van der Waals surface area contributed by atoms with E-state index in [9.17, 15) is 0 Å². The number of hydrogen-bond acceptors (Lipinski definition) is 2. The van der Waals surface area contributed by atoms with Crippen LogP contribution in [0.4, 0.5) is 0 Å². The Kier molecular flexibility index (Phi) is 6.35. The summed E-state index contributed by atoms with van der Waals surface area (Å²) in [4.78, 5) is 10.2. The lowest BCUT2D eigenvalue weighted by Gasteiger charge is -2.24. The molecule has 2 aromatic heterocycles. The zero-order valence-electron chi connectivity index (χ0n) is 29.7. The summed E-state index contributed by atoms with van der Waals surface area (Å²) in [5.41, 5.74) is 16.1. The highest BCUT2D eigenvalue weighted by molar-refractivity contribution is 6.23. The molecule has 0 spiro atoms. The van der Waals surface area contributed by atoms with E-state index < -0.39 is 0 Å². The number of rotatable bonds is 4. The molecule has 0 aliphatic heterocycles. The van der Waals surface area contributed by atoms with Crippen LogP contribution in [0.5, 0.6) is 0 Å². The van der Waals surface area contributed by atoms with E-state index in [1.807, 2.05) is 6.20 Å². The molecule has 3 nitrogen and oxygen atoms in total. The Bertz CT molecular complexity index is 3060. The van der Waals surface area contributed by atoms with Gasteiger partial charge in [-0.25, -0.2) is 4.98 Å². The maximum absolute atomic E-state index is 5.23. The SMILES string of the molecule is c1cc(-c2ccc(-c3cnc4c5ccccc5c5ccccc5c4n3)cc2)cc(-c2ccc(-n3c4ccccc4c4ccccc43)c3c2C2CCC3C2)c1. The Morgan fingerprint density at radius 2 is 1.02 bits per heavy atom. The van der Waals surface area contributed by atoms with Gasteiger partial charge in [0.1, 0.15) is 0 Å². The first-order valence-electron chi connectivity index (χ1n) is 19.2. The number of para-hydroxylation sites is 2. The Balaban J connectivity index is 0.937. The second-order valence-electron chi connectivity index (χ2n) is 15.2. The zero-order chi connectivity index (χ0) is 35.3. The fraction of sp³-hybridized carbons (Fsp3) is 0.0980. The summed E-state index contributed by atoms with van der Waals surface area (Å²) >= 11 is 0. The molecule has 2 aliphatic rings. The predicted octanol–water partition coefficient (Wildman–Crippen LogP) is 13.4. The van der Waals surface area contributed by atoms with Gasteiger partial charge < -0.3 is 4.57 Å². The van der Waals surface area contributed by atoms with Gasteiger partial charge in [-0.15, -0.1) is 0 Å². The van der Waals surface area contributed by atoms with Crippen molar-refractivity contribution >= 4 is 54.4 Å². The van der Waals surface area contributed by atoms with Crippen molar-refractivity contribution in [2.45, 2.75) is 31.1 Å². The molecule has 1 saturated carbocycles. The Morgan fingerprint density at radius 1 is 0.444 bits per heavy atom. The molecule has 2 unspecified atom stereocenters. The van der Waals surface area contributed by atoms with E-state index in [1.165, 1.54) is 79.8 Å². The van der Waals surface area contributed by atoms with Crippen LogP contribution in [0.1, 0.15) is 42.2 Å². The molecule has 12 rings (SSSR count). The van der Waals surface area contributed by atoms with Crippen LogP contribution in [0, 0.1) is 0 Å². The van der Waals surface area contributed by atoms with Crippen molar-refractivity contribution in [2.75, 3.05) is 0 Å². The van der Waals surface area contributed by atoms with Gasteiger partial charge in [-0.1, -0.05) is 133 Å². The minimum absolute atomic E-state index is 0.616. The number of benzene rings is 8. The van der Waals surface area contributed by atoms with Gasteiger partial charge in [0.25, 0.3) is 0 Å². The molecule has 0 N–H and O–H groups in total. The Morgan fingerprint density at radius 3 is 1.72 bits per heavy atom. The van der Waals surface area contributed by atoms with E-state index in [1.54, 1.807) is 11.1 Å². The van der Waals surface area contributed by atoms with Gasteiger partial charge in [0.2, 0.25) is 0 Å². The summed E-state index contributed by atoms with van der Waals surface area (Å²) in [5.74, 6) is 1.24. The molecule has 0 radical (unpaired) electrons. The summed E-state index contributed by atoms with van der Waals surface area (Å²) < 4.78 is 2.54. The summed E-state index contributed by atoms with van der Waals surface area (Å²) in [6.07, 6.45) is 5.76. The molecule has 2 aliphatic carbocycles. The molecule has 54 heavy (non-hydrogen) atoms. The van der Waals surface area contributed by atoms with Crippen LogP contribution >= 0.6 is 0 Å². The summed E-state index contributed by atoms with van der Waals surface area (Å²) in [6, 6.07) is 57.7. The second kappa shape index (κ2) is 11.5. The first kappa shape index (κ1) is 29.9. The van der Waals surface area contributed by atoms with E-state index >= 15 is 0 Å². The van der Waals surface area contributed by atoms with Gasteiger partial charge in [0, 0.05) is 32.8 Å². The predicted molar refractivity (Wildman–Crippen MR) is 225 cm³/mol. The molecule has 254 valence electrons. The van der Waals surface area contributed by atoms with Gasteiger partial charge in [0.15, 0.2) is 0 Å². The second-order valence-corrected chi connectivity index (χ2v) is 15.2. The highest BCUT2D eigenvalue weighted by Gasteiger charge is 2.41. The van der Waals surface area contributed by atoms with Crippen molar-refractivity contribution in [2.24, 2.45) is 0 Å². The van der Waals surface area contributed by atoms with Gasteiger partial charge >= 0.3 is 0 Å². The van der Waals surface area contributed by atoms with Gasteiger partial charge in [-0.05, 0) is 99.5 Å². The zero-order valence-corrected chi connectivity index (χ0v) is 29.7. The molecule has 2 bridgehead atoms. The molecule has 2 heterocycles. The molecule has 1 fully saturated rings. The molecule has 0 saturated heterocycles. The highest BCUT2D eigenvalue weighted by atomic mass is 15.0. The fourth-order valence-corrected chi connectivity index (χ4v) is 10.1. The third-order valence-electron chi connectivity index (χ3n) is 12.4. The molecule has 3 heteroatoms. The van der Waals surface area contributed by atoms with Crippen molar-refractivity contribution < 1.29 is 0 Å². The Labute approximate surface area is 313 Å². The van der Waals surface area contributed by atoms with Gasteiger partial charge in [-0.3, -0.25) is 4.98 Å². The molecular formula is C51H35N3. The van der Waals surface area contributed by atoms with E-state index in [0.717, 1.165) is 33.1 Å². The highest BCUT2D eigenvalue weighted by Crippen LogP contribution is 2.58. The average molecular weight is 690 g/mol. The van der Waals surface area contributed by atoms with Crippen LogP contribution in [0.25, 0.3) is 93.6 Å². The van der Waals surface area contributed by atoms with Crippen molar-refractivity contribution in [3.05, 3.63) is 175 Å². The minimum Gasteiger partial charge on any atom is -0.309 e. The summed E-state index contributed by atoms with van der Waals surface area (Å²) in [5, 5.41) is 7.34. The maximum atomic E-state index is 5.23. The first-order chi connectivity index (χ1) is 26.8. The molecule has 2 atom stereocenters. The maximum Gasteiger partial charge on any atom is 0.0979 e. The van der Waals surface area contributed by atoms with Crippen LogP contribution in [0.15, 0.2) is 164 Å². The average Bonchev–Trinajstić information content (AvgIpc) is 3.97. The lowest BCUT2D eigenvalue weighted by atomic mass is 9.84. The largest absolute Gasteiger partial charge is 0.309 e. The van der Waals surface area contributed by atoms with Crippen molar-refractivity contribution in [1.29, 1.82) is 0 Å². The van der Waals surface area contributed by atoms with Crippen molar-refractivity contribution in [3.8, 4) is 39.2 Å². The van der Waals surface area contributed by atoms with Crippen LogP contribution in [0.2, 0.25) is 0 Å². The smallest absolute Gasteiger partial charge is 0.0979 e. The topological polar surface area (TPSA) is 30.7 Å². The summed E-state index contributed by atoms with van der Waals surface area (Å²) in [6.45, 7) is 0. The van der Waals surface area contributed by atoms with Gasteiger partial charge in [0.05, 0.1) is 34.0 Å². The number of aromatic nitrogens is 3. The van der Waals surface area contributed by atoms with Crippen LogP contribution in [-0.4, -0.2) is 14.5 Å². The van der Waals surface area contributed by atoms with Crippen LogP contribution in [0.3, 0.4) is 0 Å².